The third kappa shape index (κ3) is 1.70. The van der Waals surface area contributed by atoms with Gasteiger partial charge in [-0.25, -0.2) is 4.39 Å². The molecule has 0 N–H and O–H groups in total. The van der Waals surface area contributed by atoms with Gasteiger partial charge in [-0.1, -0.05) is 18.2 Å². The minimum Gasteiger partial charge on any atom is -0.363 e. The molecule has 0 spiro atoms. The molecule has 2 aliphatic heterocycles. The van der Waals surface area contributed by atoms with Crippen molar-refractivity contribution >= 4 is 22.5 Å². The molecule has 3 heterocycles. The molecule has 1 atom stereocenters. The Morgan fingerprint density at radius 3 is 2.58 bits per heavy atom. The second-order valence-electron chi connectivity index (χ2n) is 8.64. The first-order chi connectivity index (χ1) is 12.2. The van der Waals surface area contributed by atoms with Crippen molar-refractivity contribution in [2.45, 2.75) is 38.6 Å². The molecule has 0 saturated heterocycles. The van der Waals surface area contributed by atoms with Crippen molar-refractivity contribution in [1.29, 1.82) is 0 Å². The third-order valence-corrected chi connectivity index (χ3v) is 5.90. The number of carbonyl (C=O) groups is 1. The highest BCUT2D eigenvalue weighted by Gasteiger charge is 2.53. The van der Waals surface area contributed by atoms with Crippen LogP contribution >= 0.6 is 0 Å². The predicted octanol–water partition coefficient (Wildman–Crippen LogP) is 4.98. The van der Waals surface area contributed by atoms with Crippen LogP contribution in [-0.2, 0) is 5.41 Å². The lowest BCUT2D eigenvalue weighted by Gasteiger charge is -2.36. The lowest BCUT2D eigenvalue weighted by molar-refractivity contribution is 0.0820. The van der Waals surface area contributed by atoms with Crippen molar-refractivity contribution in [3.05, 3.63) is 53.8 Å². The Morgan fingerprint density at radius 2 is 1.85 bits per heavy atom. The first kappa shape index (κ1) is 15.6. The fourth-order valence-corrected chi connectivity index (χ4v) is 4.64. The van der Waals surface area contributed by atoms with E-state index in [9.17, 15) is 9.18 Å². The normalized spacial score (nSPS) is 21.3. The first-order valence-electron chi connectivity index (χ1n) is 9.00. The third-order valence-electron chi connectivity index (χ3n) is 5.90. The van der Waals surface area contributed by atoms with E-state index in [1.807, 2.05) is 52.8 Å². The molecule has 0 radical (unpaired) electrons. The van der Waals surface area contributed by atoms with E-state index in [1.165, 1.54) is 6.07 Å². The van der Waals surface area contributed by atoms with E-state index in [0.717, 1.165) is 27.7 Å². The second-order valence-corrected chi connectivity index (χ2v) is 8.64. The van der Waals surface area contributed by atoms with Gasteiger partial charge in [-0.15, -0.1) is 0 Å². The molecule has 26 heavy (non-hydrogen) atoms. The van der Waals surface area contributed by atoms with E-state index in [1.54, 1.807) is 0 Å². The summed E-state index contributed by atoms with van der Waals surface area (Å²) < 4.78 is 16.7. The molecule has 0 aliphatic carbocycles. The van der Waals surface area contributed by atoms with Crippen molar-refractivity contribution in [2.24, 2.45) is 0 Å². The lowest BCUT2D eigenvalue weighted by atomic mass is 9.77. The number of rotatable bonds is 0. The van der Waals surface area contributed by atoms with Crippen molar-refractivity contribution in [3.8, 4) is 11.3 Å². The van der Waals surface area contributed by atoms with E-state index in [4.69, 9.17) is 0 Å². The Balaban J connectivity index is 1.91. The highest BCUT2D eigenvalue weighted by Crippen LogP contribution is 2.53. The number of aromatic nitrogens is 1. The second kappa shape index (κ2) is 4.56. The number of para-hydroxylation sites is 1. The van der Waals surface area contributed by atoms with Gasteiger partial charge in [0.2, 0.25) is 5.91 Å². The number of benzene rings is 2. The molecule has 0 amide bonds. The van der Waals surface area contributed by atoms with Crippen LogP contribution in [0.4, 0.5) is 10.1 Å². The summed E-state index contributed by atoms with van der Waals surface area (Å²) >= 11 is 0. The Morgan fingerprint density at radius 1 is 1.12 bits per heavy atom. The SMILES string of the molecule is CC12CN(C(C)(C)C)c3c(F)ccc(c31)-c1cc3ccccc3n1C2=O. The van der Waals surface area contributed by atoms with Crippen LogP contribution in [0.1, 0.15) is 38.1 Å². The first-order valence-corrected chi connectivity index (χ1v) is 9.00. The van der Waals surface area contributed by atoms with Gasteiger partial charge in [-0.3, -0.25) is 9.36 Å². The van der Waals surface area contributed by atoms with Crippen molar-refractivity contribution in [1.82, 2.24) is 4.57 Å². The molecule has 0 saturated carbocycles. The fraction of sp³-hybridized carbons (Fsp3) is 0.318. The average Bonchev–Trinajstić information content (AvgIpc) is 3.12. The largest absolute Gasteiger partial charge is 0.363 e. The standard InChI is InChI=1S/C22H21FN2O/c1-21(2,3)24-12-22(4)18-14(9-10-15(23)19(18)24)17-11-13-7-5-6-8-16(13)25(17)20(22)26/h5-11H,12H2,1-4H3. The number of hydrogen-bond acceptors (Lipinski definition) is 2. The number of anilines is 1. The molecule has 3 aromatic rings. The van der Waals surface area contributed by atoms with E-state index in [2.05, 4.69) is 20.8 Å². The van der Waals surface area contributed by atoms with Crippen LogP contribution in [0.5, 0.6) is 0 Å². The van der Waals surface area contributed by atoms with Crippen molar-refractivity contribution in [3.63, 3.8) is 0 Å². The van der Waals surface area contributed by atoms with Crippen LogP contribution < -0.4 is 4.90 Å². The molecule has 5 rings (SSSR count). The molecule has 4 heteroatoms. The number of nitrogens with zero attached hydrogens (tertiary/aromatic N) is 2. The zero-order valence-electron chi connectivity index (χ0n) is 15.4. The maximum Gasteiger partial charge on any atom is 0.243 e. The summed E-state index contributed by atoms with van der Waals surface area (Å²) in [6.07, 6.45) is 0. The Hall–Kier alpha value is -2.62. The maximum absolute atomic E-state index is 14.9. The molecule has 1 aromatic heterocycles. The quantitative estimate of drug-likeness (QED) is 0.573. The smallest absolute Gasteiger partial charge is 0.243 e. The van der Waals surface area contributed by atoms with E-state index in [0.29, 0.717) is 12.2 Å². The summed E-state index contributed by atoms with van der Waals surface area (Å²) in [6.45, 7) is 8.64. The molecule has 2 aromatic carbocycles. The fourth-order valence-electron chi connectivity index (χ4n) is 4.64. The van der Waals surface area contributed by atoms with Crippen LogP contribution in [0.15, 0.2) is 42.5 Å². The molecule has 0 bridgehead atoms. The highest BCUT2D eigenvalue weighted by atomic mass is 19.1. The number of fused-ring (bicyclic) bond motifs is 4. The Bertz CT molecular complexity index is 1110. The molecular weight excluding hydrogens is 327 g/mol. The van der Waals surface area contributed by atoms with E-state index in [-0.39, 0.29) is 17.3 Å². The maximum atomic E-state index is 14.9. The summed E-state index contributed by atoms with van der Waals surface area (Å²) in [7, 11) is 0. The Labute approximate surface area is 152 Å². The predicted molar refractivity (Wildman–Crippen MR) is 102 cm³/mol. The number of halogens is 1. The van der Waals surface area contributed by atoms with Crippen molar-refractivity contribution < 1.29 is 9.18 Å². The van der Waals surface area contributed by atoms with Gasteiger partial charge in [0.05, 0.1) is 22.3 Å². The van der Waals surface area contributed by atoms with Gasteiger partial charge in [0.15, 0.2) is 0 Å². The zero-order chi connectivity index (χ0) is 18.4. The van der Waals surface area contributed by atoms with Gasteiger partial charge in [0.1, 0.15) is 5.82 Å². The van der Waals surface area contributed by atoms with Gasteiger partial charge in [-0.05, 0) is 52.0 Å². The Kier molecular flexibility index (Phi) is 2.74. The lowest BCUT2D eigenvalue weighted by Crippen LogP contribution is -2.48. The van der Waals surface area contributed by atoms with Gasteiger partial charge >= 0.3 is 0 Å². The number of carbonyl (C=O) groups excluding carboxylic acids is 1. The molecule has 2 aliphatic rings. The number of hydrogen-bond donors (Lipinski definition) is 0. The highest BCUT2D eigenvalue weighted by molar-refractivity contribution is 6.09. The average molecular weight is 348 g/mol. The summed E-state index contributed by atoms with van der Waals surface area (Å²) in [6, 6.07) is 13.3. The zero-order valence-corrected chi connectivity index (χ0v) is 15.4. The van der Waals surface area contributed by atoms with Crippen molar-refractivity contribution in [2.75, 3.05) is 11.4 Å². The van der Waals surface area contributed by atoms with Crippen LogP contribution in [-0.4, -0.2) is 22.6 Å². The van der Waals surface area contributed by atoms with Gasteiger partial charge in [-0.2, -0.15) is 0 Å². The van der Waals surface area contributed by atoms with Crippen LogP contribution in [0.3, 0.4) is 0 Å². The molecule has 3 nitrogen and oxygen atoms in total. The summed E-state index contributed by atoms with van der Waals surface area (Å²) in [5.41, 5.74) is 3.14. The van der Waals surface area contributed by atoms with Crippen LogP contribution in [0, 0.1) is 5.82 Å². The van der Waals surface area contributed by atoms with E-state index < -0.39 is 5.41 Å². The summed E-state index contributed by atoms with van der Waals surface area (Å²) in [5, 5.41) is 1.03. The minimum atomic E-state index is -0.755. The van der Waals surface area contributed by atoms with Crippen LogP contribution in [0.2, 0.25) is 0 Å². The minimum absolute atomic E-state index is 0.0276. The van der Waals surface area contributed by atoms with Crippen LogP contribution in [0.25, 0.3) is 22.2 Å². The molecule has 1 unspecified atom stereocenters. The summed E-state index contributed by atoms with van der Waals surface area (Å²) in [5.74, 6) is -0.223. The van der Waals surface area contributed by atoms with Gasteiger partial charge < -0.3 is 4.90 Å². The summed E-state index contributed by atoms with van der Waals surface area (Å²) in [4.78, 5) is 15.7. The topological polar surface area (TPSA) is 25.2 Å². The monoisotopic (exact) mass is 348 g/mol. The molecule has 132 valence electrons. The molecular formula is C22H21FN2O. The molecule has 0 fully saturated rings. The van der Waals surface area contributed by atoms with Gasteiger partial charge in [0, 0.05) is 28.6 Å². The van der Waals surface area contributed by atoms with E-state index >= 15 is 0 Å². The van der Waals surface area contributed by atoms with Gasteiger partial charge in [0.25, 0.3) is 0 Å².